The molecule has 4 rings (SSSR count). The number of carbonyl (C=O) groups excluding carboxylic acids is 1. The minimum Gasteiger partial charge on any atom is -0.437 e. The van der Waals surface area contributed by atoms with Crippen LogP contribution in [0.25, 0.3) is 0 Å². The standard InChI is InChI=1S/C29H39BBrF3N4O2/c1-28(2,3)25-19-36(15-16-38(25)26(39)17-20-11-13-37(14-12-20)30(4)40)27(24-10-9-23(31)18-35-24)21-5-7-22(8-6-21)29(32,33)34/h5-10,18,20,25,27,40H,11-17,19H2,1-4H3/t25-,27?/m1/s1. The molecule has 2 aliphatic heterocycles. The number of carbonyl (C=O) groups is 1. The first-order chi connectivity index (χ1) is 18.7. The Morgan fingerprint density at radius 3 is 2.25 bits per heavy atom. The molecule has 1 unspecified atom stereocenters. The maximum Gasteiger partial charge on any atom is 0.416 e. The molecule has 0 radical (unpaired) electrons. The summed E-state index contributed by atoms with van der Waals surface area (Å²) in [7, 11) is -0.465. The van der Waals surface area contributed by atoms with E-state index in [0.717, 1.165) is 53.8 Å². The van der Waals surface area contributed by atoms with E-state index in [0.29, 0.717) is 32.0 Å². The third kappa shape index (κ3) is 7.46. The van der Waals surface area contributed by atoms with Gasteiger partial charge in [0.2, 0.25) is 5.91 Å². The molecule has 11 heteroatoms. The van der Waals surface area contributed by atoms with Crippen molar-refractivity contribution in [2.24, 2.45) is 11.3 Å². The van der Waals surface area contributed by atoms with Crippen LogP contribution in [-0.4, -0.2) is 76.3 Å². The average molecular weight is 623 g/mol. The Hall–Kier alpha value is -1.95. The number of halogens is 4. The predicted octanol–water partition coefficient (Wildman–Crippen LogP) is 5.72. The zero-order valence-electron chi connectivity index (χ0n) is 23.7. The molecule has 218 valence electrons. The fourth-order valence-electron chi connectivity index (χ4n) is 5.95. The number of pyridine rings is 1. The Labute approximate surface area is 244 Å². The maximum absolute atomic E-state index is 13.6. The summed E-state index contributed by atoms with van der Waals surface area (Å²) in [5, 5.41) is 9.86. The normalized spacial score (nSPS) is 20.9. The van der Waals surface area contributed by atoms with Gasteiger partial charge in [-0.15, -0.1) is 0 Å². The average Bonchev–Trinajstić information content (AvgIpc) is 2.89. The van der Waals surface area contributed by atoms with E-state index in [1.165, 1.54) is 0 Å². The summed E-state index contributed by atoms with van der Waals surface area (Å²) in [5.41, 5.74) is 0.600. The molecular weight excluding hydrogens is 584 g/mol. The monoisotopic (exact) mass is 622 g/mol. The summed E-state index contributed by atoms with van der Waals surface area (Å²) in [6.07, 6.45) is -0.419. The van der Waals surface area contributed by atoms with Crippen LogP contribution in [0, 0.1) is 11.3 Å². The molecule has 2 aliphatic rings. The summed E-state index contributed by atoms with van der Waals surface area (Å²) < 4.78 is 40.7. The smallest absolute Gasteiger partial charge is 0.416 e. The van der Waals surface area contributed by atoms with E-state index in [2.05, 4.69) is 46.6 Å². The Kier molecular flexibility index (Phi) is 9.69. The Morgan fingerprint density at radius 1 is 1.07 bits per heavy atom. The van der Waals surface area contributed by atoms with E-state index in [9.17, 15) is 23.0 Å². The summed E-state index contributed by atoms with van der Waals surface area (Å²) in [4.78, 5) is 24.6. The number of hydrogen-bond donors (Lipinski definition) is 1. The van der Waals surface area contributed by atoms with Crippen molar-refractivity contribution in [2.45, 2.75) is 65.1 Å². The topological polar surface area (TPSA) is 59.9 Å². The second-order valence-electron chi connectivity index (χ2n) is 12.2. The van der Waals surface area contributed by atoms with Crippen molar-refractivity contribution < 1.29 is 23.0 Å². The molecule has 1 N–H and O–H groups in total. The number of hydrogen-bond acceptors (Lipinski definition) is 5. The van der Waals surface area contributed by atoms with Gasteiger partial charge < -0.3 is 14.7 Å². The summed E-state index contributed by atoms with van der Waals surface area (Å²) in [6, 6.07) is 8.72. The van der Waals surface area contributed by atoms with Gasteiger partial charge in [-0.25, -0.2) is 0 Å². The predicted molar refractivity (Wildman–Crippen MR) is 155 cm³/mol. The number of benzene rings is 1. The first-order valence-corrected chi connectivity index (χ1v) is 14.8. The Balaban J connectivity index is 1.56. The van der Waals surface area contributed by atoms with Crippen molar-refractivity contribution >= 4 is 28.9 Å². The van der Waals surface area contributed by atoms with E-state index in [-0.39, 0.29) is 23.4 Å². The highest BCUT2D eigenvalue weighted by Crippen LogP contribution is 2.37. The van der Waals surface area contributed by atoms with Crippen LogP contribution in [0.4, 0.5) is 13.2 Å². The first-order valence-electron chi connectivity index (χ1n) is 14.0. The van der Waals surface area contributed by atoms with Gasteiger partial charge in [0.25, 0.3) is 0 Å². The number of piperidine rings is 1. The highest BCUT2D eigenvalue weighted by molar-refractivity contribution is 9.10. The summed E-state index contributed by atoms with van der Waals surface area (Å²) in [6.45, 7) is 11.5. The number of nitrogens with zero attached hydrogens (tertiary/aromatic N) is 4. The molecule has 1 aromatic heterocycles. The van der Waals surface area contributed by atoms with Gasteiger partial charge in [-0.3, -0.25) is 14.7 Å². The quantitative estimate of drug-likeness (QED) is 0.418. The zero-order chi connectivity index (χ0) is 29.2. The van der Waals surface area contributed by atoms with E-state index < -0.39 is 18.8 Å². The SMILES string of the molecule is CB(O)N1CCC(CC(=O)N2CCN(C(c3ccc(C(F)(F)F)cc3)c3ccc(Br)cn3)C[C@@H]2C(C)(C)C)CC1. The number of piperazine rings is 1. The van der Waals surface area contributed by atoms with Crippen molar-refractivity contribution in [1.82, 2.24) is 19.6 Å². The number of alkyl halides is 3. The molecule has 2 saturated heterocycles. The minimum absolute atomic E-state index is 0.0706. The van der Waals surface area contributed by atoms with Gasteiger partial charge in [0.1, 0.15) is 0 Å². The molecule has 0 saturated carbocycles. The number of aromatic nitrogens is 1. The number of rotatable bonds is 6. The van der Waals surface area contributed by atoms with Gasteiger partial charge in [-0.1, -0.05) is 32.9 Å². The minimum atomic E-state index is -4.40. The van der Waals surface area contributed by atoms with Crippen LogP contribution >= 0.6 is 15.9 Å². The lowest BCUT2D eigenvalue weighted by atomic mass is 9.80. The van der Waals surface area contributed by atoms with Gasteiger partial charge in [0.05, 0.1) is 17.3 Å². The van der Waals surface area contributed by atoms with Crippen LogP contribution in [-0.2, 0) is 11.0 Å². The summed E-state index contributed by atoms with van der Waals surface area (Å²) in [5.74, 6) is 0.455. The molecule has 1 amide bonds. The fourth-order valence-corrected chi connectivity index (χ4v) is 6.18. The maximum atomic E-state index is 13.6. The molecule has 0 aliphatic carbocycles. The molecule has 1 aromatic carbocycles. The van der Waals surface area contributed by atoms with Crippen molar-refractivity contribution in [3.63, 3.8) is 0 Å². The molecule has 6 nitrogen and oxygen atoms in total. The van der Waals surface area contributed by atoms with Crippen LogP contribution < -0.4 is 0 Å². The zero-order valence-corrected chi connectivity index (χ0v) is 25.2. The van der Waals surface area contributed by atoms with E-state index in [1.54, 1.807) is 25.2 Å². The van der Waals surface area contributed by atoms with E-state index >= 15 is 0 Å². The second-order valence-corrected chi connectivity index (χ2v) is 13.1. The molecule has 2 fully saturated rings. The molecule has 3 heterocycles. The van der Waals surface area contributed by atoms with Gasteiger partial charge in [0.15, 0.2) is 0 Å². The van der Waals surface area contributed by atoms with E-state index in [1.807, 2.05) is 21.8 Å². The van der Waals surface area contributed by atoms with Gasteiger partial charge in [-0.2, -0.15) is 13.2 Å². The van der Waals surface area contributed by atoms with Crippen molar-refractivity contribution in [3.05, 3.63) is 63.9 Å². The van der Waals surface area contributed by atoms with Crippen LogP contribution in [0.1, 0.15) is 62.9 Å². The van der Waals surface area contributed by atoms with Gasteiger partial charge in [0, 0.05) is 42.8 Å². The van der Waals surface area contributed by atoms with E-state index in [4.69, 9.17) is 0 Å². The van der Waals surface area contributed by atoms with Crippen molar-refractivity contribution in [2.75, 3.05) is 32.7 Å². The molecule has 40 heavy (non-hydrogen) atoms. The fraction of sp³-hybridized carbons (Fsp3) is 0.586. The highest BCUT2D eigenvalue weighted by atomic mass is 79.9. The first kappa shape index (κ1) is 31.0. The van der Waals surface area contributed by atoms with Crippen LogP contribution in [0.2, 0.25) is 6.82 Å². The second kappa shape index (κ2) is 12.5. The number of amides is 1. The van der Waals surface area contributed by atoms with Crippen LogP contribution in [0.15, 0.2) is 47.1 Å². The third-order valence-corrected chi connectivity index (χ3v) is 8.79. The third-order valence-electron chi connectivity index (χ3n) is 8.32. The Bertz CT molecular complexity index is 1130. The van der Waals surface area contributed by atoms with Crippen molar-refractivity contribution in [3.8, 4) is 0 Å². The molecule has 2 aromatic rings. The van der Waals surface area contributed by atoms with Crippen molar-refractivity contribution in [1.29, 1.82) is 0 Å². The molecule has 0 spiro atoms. The summed E-state index contributed by atoms with van der Waals surface area (Å²) >= 11 is 3.43. The molecule has 2 atom stereocenters. The van der Waals surface area contributed by atoms with Crippen LogP contribution in [0.5, 0.6) is 0 Å². The molecule has 0 bridgehead atoms. The lowest BCUT2D eigenvalue weighted by Gasteiger charge is -2.49. The molecular formula is C29H39BBrF3N4O2. The van der Waals surface area contributed by atoms with Gasteiger partial charge in [-0.05, 0) is 89.8 Å². The lowest BCUT2D eigenvalue weighted by Crippen LogP contribution is -2.60. The van der Waals surface area contributed by atoms with Gasteiger partial charge >= 0.3 is 13.2 Å². The lowest BCUT2D eigenvalue weighted by molar-refractivity contribution is -0.141. The largest absolute Gasteiger partial charge is 0.437 e. The highest BCUT2D eigenvalue weighted by Gasteiger charge is 2.41. The Morgan fingerprint density at radius 2 is 1.73 bits per heavy atom. The van der Waals surface area contributed by atoms with Crippen LogP contribution in [0.3, 0.4) is 0 Å².